The largest absolute Gasteiger partial charge is 0.497 e. The summed E-state index contributed by atoms with van der Waals surface area (Å²) in [4.78, 5) is 4.36. The summed E-state index contributed by atoms with van der Waals surface area (Å²) in [6, 6.07) is 7.76. The molecule has 2 aromatic rings. The van der Waals surface area contributed by atoms with Crippen molar-refractivity contribution in [3.05, 3.63) is 42.5 Å². The van der Waals surface area contributed by atoms with Crippen molar-refractivity contribution in [3.8, 4) is 11.5 Å². The molecule has 0 aliphatic rings. The van der Waals surface area contributed by atoms with E-state index in [0.29, 0.717) is 6.61 Å². The molecule has 1 aromatic carbocycles. The van der Waals surface area contributed by atoms with Gasteiger partial charge >= 0.3 is 0 Å². The fourth-order valence-electron chi connectivity index (χ4n) is 1.99. The standard InChI is InChI=1S/C16H23N3O2/c1-3-13(17)10-14-11-19(12-18-14)8-9-21-16-6-4-15(20-2)5-7-16/h4-7,11-13H,3,8-10,17H2,1-2H3. The molecule has 0 fully saturated rings. The van der Waals surface area contributed by atoms with E-state index in [1.807, 2.05) is 41.4 Å². The number of nitrogens with zero attached hydrogens (tertiary/aromatic N) is 2. The predicted octanol–water partition coefficient (Wildman–Crippen LogP) is 2.25. The Morgan fingerprint density at radius 1 is 1.24 bits per heavy atom. The number of ether oxygens (including phenoxy) is 2. The van der Waals surface area contributed by atoms with Gasteiger partial charge in [-0.3, -0.25) is 0 Å². The molecule has 0 saturated carbocycles. The lowest BCUT2D eigenvalue weighted by molar-refractivity contribution is 0.297. The van der Waals surface area contributed by atoms with Crippen molar-refractivity contribution in [1.29, 1.82) is 0 Å². The maximum Gasteiger partial charge on any atom is 0.119 e. The number of aromatic nitrogens is 2. The van der Waals surface area contributed by atoms with Crippen LogP contribution in [-0.4, -0.2) is 29.3 Å². The molecule has 5 nitrogen and oxygen atoms in total. The van der Waals surface area contributed by atoms with Crippen LogP contribution in [0.25, 0.3) is 0 Å². The SMILES string of the molecule is CCC(N)Cc1cn(CCOc2ccc(OC)cc2)cn1. The normalized spacial score (nSPS) is 12.1. The minimum absolute atomic E-state index is 0.184. The van der Waals surface area contributed by atoms with Gasteiger partial charge in [-0.15, -0.1) is 0 Å². The van der Waals surface area contributed by atoms with E-state index in [-0.39, 0.29) is 6.04 Å². The number of rotatable bonds is 8. The van der Waals surface area contributed by atoms with E-state index >= 15 is 0 Å². The van der Waals surface area contributed by atoms with Gasteiger partial charge in [0, 0.05) is 18.7 Å². The van der Waals surface area contributed by atoms with Crippen molar-refractivity contribution in [1.82, 2.24) is 9.55 Å². The second-order valence-electron chi connectivity index (χ2n) is 5.00. The van der Waals surface area contributed by atoms with Crippen LogP contribution in [0.15, 0.2) is 36.8 Å². The minimum atomic E-state index is 0.184. The molecule has 1 atom stereocenters. The first-order valence-corrected chi connectivity index (χ1v) is 7.24. The molecule has 0 saturated heterocycles. The number of nitrogens with two attached hydrogens (primary N) is 1. The van der Waals surface area contributed by atoms with Crippen LogP contribution in [0.5, 0.6) is 11.5 Å². The number of hydrogen-bond donors (Lipinski definition) is 1. The van der Waals surface area contributed by atoms with Crippen molar-refractivity contribution < 1.29 is 9.47 Å². The molecular weight excluding hydrogens is 266 g/mol. The van der Waals surface area contributed by atoms with E-state index in [1.165, 1.54) is 0 Å². The lowest BCUT2D eigenvalue weighted by Gasteiger charge is -2.07. The predicted molar refractivity (Wildman–Crippen MR) is 82.7 cm³/mol. The molecule has 0 bridgehead atoms. The molecule has 21 heavy (non-hydrogen) atoms. The van der Waals surface area contributed by atoms with E-state index in [1.54, 1.807) is 7.11 Å². The maximum absolute atomic E-state index is 5.93. The van der Waals surface area contributed by atoms with Gasteiger partial charge in [-0.1, -0.05) is 6.92 Å². The van der Waals surface area contributed by atoms with Crippen molar-refractivity contribution in [2.45, 2.75) is 32.4 Å². The molecule has 1 unspecified atom stereocenters. The summed E-state index contributed by atoms with van der Waals surface area (Å²) in [6.07, 6.45) is 5.65. The first-order valence-electron chi connectivity index (χ1n) is 7.24. The molecule has 0 aliphatic heterocycles. The fourth-order valence-corrected chi connectivity index (χ4v) is 1.99. The van der Waals surface area contributed by atoms with Gasteiger partial charge in [0.15, 0.2) is 0 Å². The van der Waals surface area contributed by atoms with Crippen LogP contribution in [0.1, 0.15) is 19.0 Å². The molecule has 1 aromatic heterocycles. The smallest absolute Gasteiger partial charge is 0.119 e. The summed E-state index contributed by atoms with van der Waals surface area (Å²) >= 11 is 0. The number of methoxy groups -OCH3 is 1. The van der Waals surface area contributed by atoms with Gasteiger partial charge in [0.1, 0.15) is 18.1 Å². The summed E-state index contributed by atoms with van der Waals surface area (Å²) in [5.74, 6) is 1.66. The number of hydrogen-bond acceptors (Lipinski definition) is 4. The molecule has 5 heteroatoms. The Labute approximate surface area is 125 Å². The Balaban J connectivity index is 1.77. The van der Waals surface area contributed by atoms with Gasteiger partial charge in [-0.25, -0.2) is 4.98 Å². The lowest BCUT2D eigenvalue weighted by Crippen LogP contribution is -2.21. The van der Waals surface area contributed by atoms with Crippen molar-refractivity contribution in [2.75, 3.05) is 13.7 Å². The van der Waals surface area contributed by atoms with Crippen LogP contribution >= 0.6 is 0 Å². The molecule has 2 N–H and O–H groups in total. The highest BCUT2D eigenvalue weighted by atomic mass is 16.5. The molecular formula is C16H23N3O2. The van der Waals surface area contributed by atoms with E-state index in [2.05, 4.69) is 11.9 Å². The van der Waals surface area contributed by atoms with Gasteiger partial charge < -0.3 is 19.8 Å². The first kappa shape index (κ1) is 15.4. The highest BCUT2D eigenvalue weighted by molar-refractivity contribution is 5.31. The Kier molecular flexibility index (Phi) is 5.63. The fraction of sp³-hybridized carbons (Fsp3) is 0.438. The molecule has 0 aliphatic carbocycles. The quantitative estimate of drug-likeness (QED) is 0.809. The highest BCUT2D eigenvalue weighted by Gasteiger charge is 2.04. The van der Waals surface area contributed by atoms with Crippen LogP contribution in [0.4, 0.5) is 0 Å². The Bertz CT molecular complexity index is 537. The summed E-state index contributed by atoms with van der Waals surface area (Å²) < 4.78 is 12.8. The van der Waals surface area contributed by atoms with Gasteiger partial charge in [-0.05, 0) is 30.7 Å². The highest BCUT2D eigenvalue weighted by Crippen LogP contribution is 2.16. The van der Waals surface area contributed by atoms with Gasteiger partial charge in [-0.2, -0.15) is 0 Å². The molecule has 114 valence electrons. The van der Waals surface area contributed by atoms with Crippen LogP contribution < -0.4 is 15.2 Å². The summed E-state index contributed by atoms with van der Waals surface area (Å²) in [5.41, 5.74) is 6.97. The number of imidazole rings is 1. The molecule has 2 rings (SSSR count). The first-order chi connectivity index (χ1) is 10.2. The lowest BCUT2D eigenvalue weighted by atomic mass is 10.1. The zero-order valence-electron chi connectivity index (χ0n) is 12.7. The van der Waals surface area contributed by atoms with Crippen molar-refractivity contribution >= 4 is 0 Å². The third kappa shape index (κ3) is 4.79. The van der Waals surface area contributed by atoms with Crippen LogP contribution in [0.3, 0.4) is 0 Å². The third-order valence-corrected chi connectivity index (χ3v) is 3.36. The van der Waals surface area contributed by atoms with Crippen LogP contribution in [0.2, 0.25) is 0 Å². The summed E-state index contributed by atoms with van der Waals surface area (Å²) in [5, 5.41) is 0. The van der Waals surface area contributed by atoms with Crippen molar-refractivity contribution in [2.24, 2.45) is 5.73 Å². The average molecular weight is 289 g/mol. The molecule has 0 spiro atoms. The Morgan fingerprint density at radius 2 is 1.95 bits per heavy atom. The summed E-state index contributed by atoms with van der Waals surface area (Å²) in [6.45, 7) is 3.45. The van der Waals surface area contributed by atoms with E-state index < -0.39 is 0 Å². The number of benzene rings is 1. The molecule has 1 heterocycles. The van der Waals surface area contributed by atoms with Gasteiger partial charge in [0.25, 0.3) is 0 Å². The second-order valence-corrected chi connectivity index (χ2v) is 5.00. The van der Waals surface area contributed by atoms with Crippen LogP contribution in [-0.2, 0) is 13.0 Å². The zero-order chi connectivity index (χ0) is 15.1. The van der Waals surface area contributed by atoms with Crippen LogP contribution in [0, 0.1) is 0 Å². The Hall–Kier alpha value is -2.01. The van der Waals surface area contributed by atoms with E-state index in [9.17, 15) is 0 Å². The second kappa shape index (κ2) is 7.69. The molecule has 0 amide bonds. The average Bonchev–Trinajstić information content (AvgIpc) is 2.95. The van der Waals surface area contributed by atoms with Gasteiger partial charge in [0.05, 0.1) is 25.7 Å². The third-order valence-electron chi connectivity index (χ3n) is 3.36. The van der Waals surface area contributed by atoms with Gasteiger partial charge in [0.2, 0.25) is 0 Å². The Morgan fingerprint density at radius 3 is 2.62 bits per heavy atom. The van der Waals surface area contributed by atoms with E-state index in [4.69, 9.17) is 15.2 Å². The topological polar surface area (TPSA) is 62.3 Å². The van der Waals surface area contributed by atoms with Crippen molar-refractivity contribution in [3.63, 3.8) is 0 Å². The summed E-state index contributed by atoms with van der Waals surface area (Å²) in [7, 11) is 1.65. The zero-order valence-corrected chi connectivity index (χ0v) is 12.7. The maximum atomic E-state index is 5.93. The monoisotopic (exact) mass is 289 g/mol. The van der Waals surface area contributed by atoms with E-state index in [0.717, 1.165) is 36.6 Å². The minimum Gasteiger partial charge on any atom is -0.497 e. The molecule has 0 radical (unpaired) electrons.